The Bertz CT molecular complexity index is 845. The first-order valence-electron chi connectivity index (χ1n) is 8.59. The molecule has 1 N–H and O–H groups in total. The summed E-state index contributed by atoms with van der Waals surface area (Å²) >= 11 is 0. The first-order valence-corrected chi connectivity index (χ1v) is 11.5. The van der Waals surface area contributed by atoms with Crippen LogP contribution in [0.4, 0.5) is 22.0 Å². The molecule has 0 aromatic rings. The average molecular weight is 455 g/mol. The van der Waals surface area contributed by atoms with Crippen LogP contribution in [0.15, 0.2) is 12.2 Å². The van der Waals surface area contributed by atoms with Crippen molar-refractivity contribution in [2.24, 2.45) is 11.8 Å². The molecule has 0 radical (unpaired) electrons. The van der Waals surface area contributed by atoms with E-state index in [0.29, 0.717) is 13.3 Å². The fourth-order valence-electron chi connectivity index (χ4n) is 3.95. The van der Waals surface area contributed by atoms with Gasteiger partial charge in [-0.25, -0.2) is 12.8 Å². The normalized spacial score (nSPS) is 27.7. The van der Waals surface area contributed by atoms with Crippen LogP contribution in [0, 0.1) is 11.8 Å². The van der Waals surface area contributed by atoms with Crippen LogP contribution in [0.2, 0.25) is 0 Å². The van der Waals surface area contributed by atoms with Crippen molar-refractivity contribution >= 4 is 20.1 Å². The van der Waals surface area contributed by atoms with Crippen LogP contribution in [0.1, 0.15) is 39.0 Å². The molecule has 0 aromatic carbocycles. The van der Waals surface area contributed by atoms with Gasteiger partial charge in [-0.05, 0) is 37.2 Å². The third-order valence-corrected chi connectivity index (χ3v) is 8.82. The van der Waals surface area contributed by atoms with Gasteiger partial charge in [-0.1, -0.05) is 25.8 Å². The molecule has 1 aliphatic carbocycles. The smallest absolute Gasteiger partial charge is 0.283 e. The zero-order valence-corrected chi connectivity index (χ0v) is 16.7. The monoisotopic (exact) mass is 455 g/mol. The summed E-state index contributed by atoms with van der Waals surface area (Å²) in [6.45, 7) is 2.02. The molecule has 6 nitrogen and oxygen atoms in total. The van der Waals surface area contributed by atoms with Crippen molar-refractivity contribution in [3.8, 4) is 0 Å². The third-order valence-electron chi connectivity index (χ3n) is 5.59. The molecule has 0 bridgehead atoms. The molecular formula is C15H22F5NO5S2. The van der Waals surface area contributed by atoms with Crippen LogP contribution in [-0.4, -0.2) is 55.0 Å². The van der Waals surface area contributed by atoms with E-state index in [9.17, 15) is 38.8 Å². The van der Waals surface area contributed by atoms with E-state index >= 15 is 0 Å². The predicted octanol–water partition coefficient (Wildman–Crippen LogP) is 3.19. The van der Waals surface area contributed by atoms with Crippen molar-refractivity contribution in [3.63, 3.8) is 0 Å². The molecule has 0 spiro atoms. The fraction of sp³-hybridized carbons (Fsp3) is 0.867. The van der Waals surface area contributed by atoms with Gasteiger partial charge < -0.3 is 0 Å². The summed E-state index contributed by atoms with van der Waals surface area (Å²) in [7, 11) is -12.6. The van der Waals surface area contributed by atoms with Gasteiger partial charge in [0, 0.05) is 13.1 Å². The van der Waals surface area contributed by atoms with Crippen molar-refractivity contribution in [1.82, 2.24) is 4.31 Å². The predicted molar refractivity (Wildman–Crippen MR) is 90.7 cm³/mol. The molecule has 28 heavy (non-hydrogen) atoms. The number of halogens is 5. The zero-order valence-electron chi connectivity index (χ0n) is 15.0. The number of fused-ring (bicyclic) bond motifs is 1. The van der Waals surface area contributed by atoms with E-state index < -0.39 is 55.0 Å². The molecule has 1 heterocycles. The minimum absolute atomic E-state index is 0.0860. The summed E-state index contributed by atoms with van der Waals surface area (Å²) in [5.41, 5.74) is -1.68. The highest BCUT2D eigenvalue weighted by Gasteiger charge is 2.81. The molecular weight excluding hydrogens is 433 g/mol. The summed E-state index contributed by atoms with van der Waals surface area (Å²) in [6.07, 6.45) is 3.15. The number of piperidine rings is 1. The SMILES string of the molecule is C=C(C)C(F)(C(F)(F)C(F)(F)S(=O)(=O)N1CCC2CCCCC2C1)S(=O)(=O)O. The maximum Gasteiger partial charge on any atom is 0.425 e. The Morgan fingerprint density at radius 3 is 1.96 bits per heavy atom. The van der Waals surface area contributed by atoms with Gasteiger partial charge in [-0.15, -0.1) is 0 Å². The van der Waals surface area contributed by atoms with E-state index in [1.807, 2.05) is 0 Å². The maximum atomic E-state index is 14.6. The van der Waals surface area contributed by atoms with Gasteiger partial charge in [0.2, 0.25) is 0 Å². The van der Waals surface area contributed by atoms with Gasteiger partial charge in [-0.2, -0.15) is 30.3 Å². The Morgan fingerprint density at radius 2 is 1.50 bits per heavy atom. The number of alkyl halides is 5. The van der Waals surface area contributed by atoms with Gasteiger partial charge >= 0.3 is 26.3 Å². The van der Waals surface area contributed by atoms with Gasteiger partial charge in [0.15, 0.2) is 0 Å². The Balaban J connectivity index is 2.47. The largest absolute Gasteiger partial charge is 0.425 e. The Morgan fingerprint density at radius 1 is 1.00 bits per heavy atom. The summed E-state index contributed by atoms with van der Waals surface area (Å²) in [5.74, 6) is -6.54. The molecule has 1 aliphatic heterocycles. The number of hydrogen-bond donors (Lipinski definition) is 1. The van der Waals surface area contributed by atoms with Gasteiger partial charge in [0.1, 0.15) is 0 Å². The lowest BCUT2D eigenvalue weighted by Gasteiger charge is -2.43. The standard InChI is InChI=1S/C15H22F5NO5S2/c1-10(2)13(16,28(24,25)26)14(17,18)15(19,20)27(22,23)21-8-7-11-5-3-4-6-12(11)9-21/h11-12H,1,3-9H2,2H3,(H,24,25,26). The van der Waals surface area contributed by atoms with E-state index in [2.05, 4.69) is 6.58 Å². The van der Waals surface area contributed by atoms with Crippen LogP contribution >= 0.6 is 0 Å². The van der Waals surface area contributed by atoms with E-state index in [0.717, 1.165) is 19.3 Å². The van der Waals surface area contributed by atoms with Crippen LogP contribution in [0.3, 0.4) is 0 Å². The molecule has 0 aromatic heterocycles. The highest BCUT2D eigenvalue weighted by atomic mass is 32.2. The maximum absolute atomic E-state index is 14.6. The Kier molecular flexibility index (Phi) is 6.01. The van der Waals surface area contributed by atoms with Crippen LogP contribution in [0.5, 0.6) is 0 Å². The summed E-state index contributed by atoms with van der Waals surface area (Å²) in [4.78, 5) is 0. The quantitative estimate of drug-likeness (QED) is 0.377. The molecule has 3 unspecified atom stereocenters. The number of hydrogen-bond acceptors (Lipinski definition) is 4. The number of rotatable bonds is 6. The van der Waals surface area contributed by atoms with Gasteiger partial charge in [0.05, 0.1) is 0 Å². The highest BCUT2D eigenvalue weighted by Crippen LogP contribution is 2.53. The van der Waals surface area contributed by atoms with E-state index in [1.165, 1.54) is 0 Å². The topological polar surface area (TPSA) is 91.8 Å². The van der Waals surface area contributed by atoms with E-state index in [4.69, 9.17) is 4.55 Å². The highest BCUT2D eigenvalue weighted by molar-refractivity contribution is 7.90. The third kappa shape index (κ3) is 3.27. The molecule has 2 aliphatic rings. The molecule has 0 amide bonds. The lowest BCUT2D eigenvalue weighted by Crippen LogP contribution is -2.65. The first kappa shape index (κ1) is 23.5. The molecule has 1 saturated carbocycles. The van der Waals surface area contributed by atoms with Crippen LogP contribution in [-0.2, 0) is 20.1 Å². The van der Waals surface area contributed by atoms with E-state index in [1.54, 1.807) is 0 Å². The minimum Gasteiger partial charge on any atom is -0.283 e. The number of sulfonamides is 1. The second kappa shape index (κ2) is 7.17. The lowest BCUT2D eigenvalue weighted by atomic mass is 9.76. The zero-order chi connectivity index (χ0) is 21.8. The molecule has 2 fully saturated rings. The van der Waals surface area contributed by atoms with Crippen molar-refractivity contribution in [2.45, 2.75) is 55.2 Å². The fourth-order valence-corrected chi connectivity index (χ4v) is 6.43. The Labute approximate surface area is 160 Å². The summed E-state index contributed by atoms with van der Waals surface area (Å²) in [5, 5.41) is -11.5. The van der Waals surface area contributed by atoms with Gasteiger partial charge in [0.25, 0.3) is 10.0 Å². The van der Waals surface area contributed by atoms with Crippen molar-refractivity contribution in [2.75, 3.05) is 13.1 Å². The molecule has 3 atom stereocenters. The molecule has 13 heteroatoms. The molecule has 164 valence electrons. The van der Waals surface area contributed by atoms with Gasteiger partial charge in [-0.3, -0.25) is 4.55 Å². The second-order valence-electron chi connectivity index (χ2n) is 7.40. The van der Waals surface area contributed by atoms with E-state index in [-0.39, 0.29) is 22.6 Å². The molecule has 2 rings (SSSR count). The van der Waals surface area contributed by atoms with Crippen molar-refractivity contribution < 1.29 is 43.3 Å². The van der Waals surface area contributed by atoms with Crippen molar-refractivity contribution in [3.05, 3.63) is 12.2 Å². The Hall–Kier alpha value is -0.790. The number of nitrogens with zero attached hydrogens (tertiary/aromatic N) is 1. The van der Waals surface area contributed by atoms with Crippen LogP contribution in [0.25, 0.3) is 0 Å². The van der Waals surface area contributed by atoms with Crippen molar-refractivity contribution in [1.29, 1.82) is 0 Å². The average Bonchev–Trinajstić information content (AvgIpc) is 2.58. The molecule has 1 saturated heterocycles. The first-order chi connectivity index (χ1) is 12.5. The summed E-state index contributed by atoms with van der Waals surface area (Å²) < 4.78 is 129. The lowest BCUT2D eigenvalue weighted by molar-refractivity contribution is -0.201. The second-order valence-corrected chi connectivity index (χ2v) is 10.9. The minimum atomic E-state index is -6.49. The summed E-state index contributed by atoms with van der Waals surface area (Å²) in [6, 6.07) is 0. The van der Waals surface area contributed by atoms with Crippen LogP contribution < -0.4 is 0 Å².